The molecule has 0 spiro atoms. The Balaban J connectivity index is 2.92. The van der Waals surface area contributed by atoms with Gasteiger partial charge in [-0.15, -0.1) is 0 Å². The number of aryl methyl sites for hydroxylation is 2. The highest BCUT2D eigenvalue weighted by molar-refractivity contribution is 7.80. The topological polar surface area (TPSA) is 55.1 Å². The Morgan fingerprint density at radius 2 is 1.94 bits per heavy atom. The van der Waals surface area contributed by atoms with Gasteiger partial charge in [-0.2, -0.15) is 0 Å². The van der Waals surface area contributed by atoms with Crippen molar-refractivity contribution in [2.24, 2.45) is 11.1 Å². The Labute approximate surface area is 107 Å². The largest absolute Gasteiger partial charge is 0.392 e. The zero-order chi connectivity index (χ0) is 13.2. The summed E-state index contributed by atoms with van der Waals surface area (Å²) in [5.41, 5.74) is 7.70. The van der Waals surface area contributed by atoms with Gasteiger partial charge >= 0.3 is 0 Å². The standard InChI is InChI=1S/C13H18N2OS/c1-8-5-6-10(9(2)7-8)15-12(16)13(3,4)11(14)17/h5-7H,1-4H3,(H2,14,17)(H,15,16). The van der Waals surface area contributed by atoms with Gasteiger partial charge in [-0.05, 0) is 39.3 Å². The van der Waals surface area contributed by atoms with Crippen LogP contribution in [-0.4, -0.2) is 10.9 Å². The van der Waals surface area contributed by atoms with Crippen molar-refractivity contribution in [3.63, 3.8) is 0 Å². The summed E-state index contributed by atoms with van der Waals surface area (Å²) < 4.78 is 0. The summed E-state index contributed by atoms with van der Waals surface area (Å²) in [4.78, 5) is 12.2. The lowest BCUT2D eigenvalue weighted by Crippen LogP contribution is -2.41. The molecule has 1 amide bonds. The van der Waals surface area contributed by atoms with Crippen LogP contribution in [0.15, 0.2) is 18.2 Å². The Kier molecular flexibility index (Phi) is 3.88. The average molecular weight is 250 g/mol. The summed E-state index contributed by atoms with van der Waals surface area (Å²) in [7, 11) is 0. The summed E-state index contributed by atoms with van der Waals surface area (Å²) in [6, 6.07) is 5.86. The van der Waals surface area contributed by atoms with Crippen molar-refractivity contribution in [1.29, 1.82) is 0 Å². The molecule has 0 bridgehead atoms. The zero-order valence-electron chi connectivity index (χ0n) is 10.6. The number of carbonyl (C=O) groups is 1. The van der Waals surface area contributed by atoms with E-state index < -0.39 is 5.41 Å². The fraction of sp³-hybridized carbons (Fsp3) is 0.385. The first kappa shape index (κ1) is 13.6. The molecule has 0 aliphatic rings. The van der Waals surface area contributed by atoms with Crippen LogP contribution >= 0.6 is 12.2 Å². The van der Waals surface area contributed by atoms with Crippen molar-refractivity contribution in [2.45, 2.75) is 27.7 Å². The van der Waals surface area contributed by atoms with Crippen molar-refractivity contribution >= 4 is 28.8 Å². The van der Waals surface area contributed by atoms with Gasteiger partial charge in [0.15, 0.2) is 0 Å². The van der Waals surface area contributed by atoms with Crippen LogP contribution in [0.4, 0.5) is 5.69 Å². The summed E-state index contributed by atoms with van der Waals surface area (Å²) in [5.74, 6) is -0.183. The molecule has 0 atom stereocenters. The second kappa shape index (κ2) is 4.84. The minimum Gasteiger partial charge on any atom is -0.392 e. The van der Waals surface area contributed by atoms with Crippen molar-refractivity contribution in [1.82, 2.24) is 0 Å². The van der Waals surface area contributed by atoms with Gasteiger partial charge in [-0.1, -0.05) is 29.9 Å². The van der Waals surface area contributed by atoms with E-state index in [0.717, 1.165) is 16.8 Å². The number of thiocarbonyl (C=S) groups is 1. The highest BCUT2D eigenvalue weighted by atomic mass is 32.1. The lowest BCUT2D eigenvalue weighted by atomic mass is 9.92. The smallest absolute Gasteiger partial charge is 0.236 e. The van der Waals surface area contributed by atoms with Crippen LogP contribution in [0, 0.1) is 19.3 Å². The molecule has 0 saturated carbocycles. The molecular formula is C13H18N2OS. The van der Waals surface area contributed by atoms with E-state index >= 15 is 0 Å². The van der Waals surface area contributed by atoms with Gasteiger partial charge in [-0.3, -0.25) is 4.79 Å². The van der Waals surface area contributed by atoms with E-state index in [4.69, 9.17) is 18.0 Å². The summed E-state index contributed by atoms with van der Waals surface area (Å²) in [6.45, 7) is 7.40. The Morgan fingerprint density at radius 3 is 2.41 bits per heavy atom. The zero-order valence-corrected chi connectivity index (χ0v) is 11.4. The molecule has 0 unspecified atom stereocenters. The van der Waals surface area contributed by atoms with Crippen LogP contribution < -0.4 is 11.1 Å². The van der Waals surface area contributed by atoms with E-state index in [1.807, 2.05) is 32.0 Å². The molecule has 0 radical (unpaired) electrons. The summed E-state index contributed by atoms with van der Waals surface area (Å²) >= 11 is 4.89. The number of amides is 1. The highest BCUT2D eigenvalue weighted by Gasteiger charge is 2.31. The number of rotatable bonds is 3. The molecule has 0 fully saturated rings. The van der Waals surface area contributed by atoms with Gasteiger partial charge in [0.2, 0.25) is 5.91 Å². The molecule has 92 valence electrons. The average Bonchev–Trinajstić information content (AvgIpc) is 2.21. The molecule has 1 aromatic rings. The van der Waals surface area contributed by atoms with Crippen molar-refractivity contribution in [3.05, 3.63) is 29.3 Å². The fourth-order valence-electron chi connectivity index (χ4n) is 1.34. The first-order chi connectivity index (χ1) is 7.75. The number of anilines is 1. The van der Waals surface area contributed by atoms with Crippen LogP contribution in [0.5, 0.6) is 0 Å². The number of nitrogens with one attached hydrogen (secondary N) is 1. The lowest BCUT2D eigenvalue weighted by molar-refractivity contribution is -0.121. The SMILES string of the molecule is Cc1ccc(NC(=O)C(C)(C)C(N)=S)c(C)c1. The molecule has 1 rings (SSSR count). The second-order valence-electron chi connectivity index (χ2n) is 4.76. The molecule has 4 heteroatoms. The molecule has 3 nitrogen and oxygen atoms in total. The van der Waals surface area contributed by atoms with Crippen molar-refractivity contribution in [2.75, 3.05) is 5.32 Å². The quantitative estimate of drug-likeness (QED) is 0.811. The van der Waals surface area contributed by atoms with Crippen LogP contribution in [0.2, 0.25) is 0 Å². The van der Waals surface area contributed by atoms with Gasteiger partial charge < -0.3 is 11.1 Å². The Hall–Kier alpha value is -1.42. The molecule has 0 aliphatic carbocycles. The number of hydrogen-bond acceptors (Lipinski definition) is 2. The summed E-state index contributed by atoms with van der Waals surface area (Å²) in [5, 5.41) is 2.85. The first-order valence-electron chi connectivity index (χ1n) is 5.43. The highest BCUT2D eigenvalue weighted by Crippen LogP contribution is 2.21. The van der Waals surface area contributed by atoms with Crippen molar-refractivity contribution in [3.8, 4) is 0 Å². The fourth-order valence-corrected chi connectivity index (χ4v) is 1.44. The van der Waals surface area contributed by atoms with E-state index in [9.17, 15) is 4.79 Å². The van der Waals surface area contributed by atoms with Gasteiger partial charge in [0.1, 0.15) is 0 Å². The van der Waals surface area contributed by atoms with E-state index in [1.54, 1.807) is 13.8 Å². The Morgan fingerprint density at radius 1 is 1.35 bits per heavy atom. The van der Waals surface area contributed by atoms with E-state index in [0.29, 0.717) is 0 Å². The minimum absolute atomic E-state index is 0.183. The monoisotopic (exact) mass is 250 g/mol. The van der Waals surface area contributed by atoms with Gasteiger partial charge in [0, 0.05) is 5.69 Å². The predicted molar refractivity (Wildman–Crippen MR) is 75.1 cm³/mol. The van der Waals surface area contributed by atoms with Crippen LogP contribution in [0.3, 0.4) is 0 Å². The third-order valence-corrected chi connectivity index (χ3v) is 3.32. The van der Waals surface area contributed by atoms with Gasteiger partial charge in [0.25, 0.3) is 0 Å². The maximum Gasteiger partial charge on any atom is 0.236 e. The van der Waals surface area contributed by atoms with Crippen molar-refractivity contribution < 1.29 is 4.79 Å². The van der Waals surface area contributed by atoms with Gasteiger partial charge in [0.05, 0.1) is 10.4 Å². The maximum atomic E-state index is 12.0. The number of nitrogens with two attached hydrogens (primary N) is 1. The first-order valence-corrected chi connectivity index (χ1v) is 5.84. The second-order valence-corrected chi connectivity index (χ2v) is 5.20. The minimum atomic E-state index is -0.841. The number of carbonyl (C=O) groups excluding carboxylic acids is 1. The normalized spacial score (nSPS) is 11.1. The Bertz CT molecular complexity index is 466. The van der Waals surface area contributed by atoms with Gasteiger partial charge in [-0.25, -0.2) is 0 Å². The molecule has 1 aromatic carbocycles. The maximum absolute atomic E-state index is 12.0. The number of hydrogen-bond donors (Lipinski definition) is 2. The summed E-state index contributed by atoms with van der Waals surface area (Å²) in [6.07, 6.45) is 0. The van der Waals surface area contributed by atoms with E-state index in [1.165, 1.54) is 0 Å². The van der Waals surface area contributed by atoms with Crippen LogP contribution in [-0.2, 0) is 4.79 Å². The molecule has 0 saturated heterocycles. The van der Waals surface area contributed by atoms with Crippen LogP contribution in [0.1, 0.15) is 25.0 Å². The predicted octanol–water partition coefficient (Wildman–Crippen LogP) is 2.55. The lowest BCUT2D eigenvalue weighted by Gasteiger charge is -2.22. The number of benzene rings is 1. The molecular weight excluding hydrogens is 232 g/mol. The molecule has 0 aromatic heterocycles. The molecule has 0 aliphatic heterocycles. The molecule has 3 N–H and O–H groups in total. The van der Waals surface area contributed by atoms with E-state index in [2.05, 4.69) is 5.32 Å². The van der Waals surface area contributed by atoms with E-state index in [-0.39, 0.29) is 10.9 Å². The van der Waals surface area contributed by atoms with Crippen LogP contribution in [0.25, 0.3) is 0 Å². The molecule has 0 heterocycles. The third-order valence-electron chi connectivity index (χ3n) is 2.81. The molecule has 17 heavy (non-hydrogen) atoms. The third kappa shape index (κ3) is 3.03.